The van der Waals surface area contributed by atoms with Crippen LogP contribution in [0.15, 0.2) is 74.1 Å². The molecule has 1 atom stereocenters. The first-order valence-corrected chi connectivity index (χ1v) is 11.6. The van der Waals surface area contributed by atoms with E-state index in [1.165, 1.54) is 28.0 Å². The fourth-order valence-electron chi connectivity index (χ4n) is 3.63. The van der Waals surface area contributed by atoms with E-state index in [9.17, 15) is 19.7 Å². The number of thiazole rings is 1. The van der Waals surface area contributed by atoms with Crippen LogP contribution in [0.1, 0.15) is 31.0 Å². The van der Waals surface area contributed by atoms with E-state index in [4.69, 9.17) is 4.74 Å². The summed E-state index contributed by atoms with van der Waals surface area (Å²) in [6.07, 6.45) is 1.60. The Labute approximate surface area is 200 Å². The maximum Gasteiger partial charge on any atom is 0.338 e. The van der Waals surface area contributed by atoms with Crippen LogP contribution in [0.5, 0.6) is 0 Å². The van der Waals surface area contributed by atoms with Crippen molar-refractivity contribution >= 4 is 45.0 Å². The molecular formula is C23H18BrN3O5S. The molecule has 0 radical (unpaired) electrons. The molecule has 1 aromatic heterocycles. The van der Waals surface area contributed by atoms with Gasteiger partial charge in [-0.15, -0.1) is 0 Å². The summed E-state index contributed by atoms with van der Waals surface area (Å²) in [6.45, 7) is 3.63. The number of ether oxygens (including phenoxy) is 1. The summed E-state index contributed by atoms with van der Waals surface area (Å²) < 4.78 is 7.97. The van der Waals surface area contributed by atoms with Gasteiger partial charge in [0.25, 0.3) is 11.2 Å². The van der Waals surface area contributed by atoms with E-state index in [1.54, 1.807) is 32.1 Å². The maximum atomic E-state index is 13.5. The number of esters is 1. The van der Waals surface area contributed by atoms with Crippen LogP contribution in [-0.4, -0.2) is 22.1 Å². The van der Waals surface area contributed by atoms with Crippen LogP contribution in [-0.2, 0) is 9.53 Å². The Morgan fingerprint density at radius 2 is 2.03 bits per heavy atom. The number of aromatic nitrogens is 1. The van der Waals surface area contributed by atoms with Gasteiger partial charge >= 0.3 is 5.97 Å². The number of carbonyl (C=O) groups is 1. The number of non-ortho nitro benzene ring substituents is 1. The fourth-order valence-corrected chi connectivity index (χ4v) is 4.94. The molecule has 0 spiro atoms. The number of halogens is 1. The predicted octanol–water partition coefficient (Wildman–Crippen LogP) is 3.47. The highest BCUT2D eigenvalue weighted by Gasteiger charge is 2.33. The Kier molecular flexibility index (Phi) is 6.39. The molecule has 1 aliphatic heterocycles. The molecule has 0 N–H and O–H groups in total. The molecule has 0 unspecified atom stereocenters. The summed E-state index contributed by atoms with van der Waals surface area (Å²) >= 11 is 4.58. The number of hydrogen-bond acceptors (Lipinski definition) is 7. The van der Waals surface area contributed by atoms with E-state index < -0.39 is 16.9 Å². The van der Waals surface area contributed by atoms with Crippen LogP contribution in [0.2, 0.25) is 0 Å². The smallest absolute Gasteiger partial charge is 0.338 e. The highest BCUT2D eigenvalue weighted by molar-refractivity contribution is 9.10. The van der Waals surface area contributed by atoms with Crippen molar-refractivity contribution in [3.8, 4) is 0 Å². The molecule has 0 fully saturated rings. The van der Waals surface area contributed by atoms with E-state index in [1.807, 2.05) is 24.3 Å². The number of nitro benzene ring substituents is 1. The summed E-state index contributed by atoms with van der Waals surface area (Å²) in [6, 6.07) is 12.7. The maximum absolute atomic E-state index is 13.5. The van der Waals surface area contributed by atoms with Crippen LogP contribution < -0.4 is 14.9 Å². The summed E-state index contributed by atoms with van der Waals surface area (Å²) in [4.78, 5) is 41.9. The number of nitro groups is 1. The van der Waals surface area contributed by atoms with E-state index in [-0.39, 0.29) is 17.9 Å². The Hall–Kier alpha value is -3.37. The predicted molar refractivity (Wildman–Crippen MR) is 128 cm³/mol. The van der Waals surface area contributed by atoms with Crippen LogP contribution in [0.3, 0.4) is 0 Å². The minimum atomic E-state index is -0.708. The van der Waals surface area contributed by atoms with Gasteiger partial charge in [0.15, 0.2) is 4.80 Å². The highest BCUT2D eigenvalue weighted by atomic mass is 79.9. The summed E-state index contributed by atoms with van der Waals surface area (Å²) in [5.41, 5.74) is 1.63. The molecule has 168 valence electrons. The van der Waals surface area contributed by atoms with Gasteiger partial charge in [-0.05, 0) is 43.2 Å². The normalized spacial score (nSPS) is 15.7. The lowest BCUT2D eigenvalue weighted by molar-refractivity contribution is -0.384. The lowest BCUT2D eigenvalue weighted by Crippen LogP contribution is -2.39. The minimum Gasteiger partial charge on any atom is -0.463 e. The third kappa shape index (κ3) is 4.44. The second kappa shape index (κ2) is 9.24. The topological polar surface area (TPSA) is 104 Å². The third-order valence-electron chi connectivity index (χ3n) is 5.08. The number of allylic oxidation sites excluding steroid dienone is 1. The van der Waals surface area contributed by atoms with Crippen molar-refractivity contribution in [1.82, 2.24) is 4.57 Å². The SMILES string of the molecule is CCOC(=O)C1=C(C)N=c2s/c(=C\c3cccc([N+](=O)[O-])c3)c(=O)n2[C@@H]1c1ccc(Br)cc1. The third-order valence-corrected chi connectivity index (χ3v) is 6.59. The van der Waals surface area contributed by atoms with Gasteiger partial charge in [0.05, 0.1) is 33.4 Å². The molecule has 3 aromatic rings. The second-order valence-corrected chi connectivity index (χ2v) is 9.13. The number of rotatable bonds is 5. The van der Waals surface area contributed by atoms with Gasteiger partial charge in [-0.2, -0.15) is 0 Å². The molecule has 1 aliphatic rings. The molecule has 0 saturated carbocycles. The fraction of sp³-hybridized carbons (Fsp3) is 0.174. The molecule has 0 saturated heterocycles. The number of nitrogens with zero attached hydrogens (tertiary/aromatic N) is 3. The van der Waals surface area contributed by atoms with Crippen LogP contribution in [0.25, 0.3) is 6.08 Å². The average molecular weight is 528 g/mol. The number of fused-ring (bicyclic) bond motifs is 1. The Bertz CT molecular complexity index is 1470. The Morgan fingerprint density at radius 1 is 1.30 bits per heavy atom. The van der Waals surface area contributed by atoms with Crippen molar-refractivity contribution < 1.29 is 14.5 Å². The molecule has 33 heavy (non-hydrogen) atoms. The van der Waals surface area contributed by atoms with Crippen LogP contribution in [0, 0.1) is 10.1 Å². The zero-order chi connectivity index (χ0) is 23.7. The molecule has 10 heteroatoms. The largest absolute Gasteiger partial charge is 0.463 e. The van der Waals surface area contributed by atoms with Gasteiger partial charge in [-0.25, -0.2) is 9.79 Å². The first-order chi connectivity index (χ1) is 15.8. The Morgan fingerprint density at radius 3 is 2.70 bits per heavy atom. The van der Waals surface area contributed by atoms with Crippen molar-refractivity contribution in [3.63, 3.8) is 0 Å². The zero-order valence-corrected chi connectivity index (χ0v) is 20.1. The number of benzene rings is 2. The lowest BCUT2D eigenvalue weighted by atomic mass is 9.96. The molecule has 2 aromatic carbocycles. The molecule has 2 heterocycles. The van der Waals surface area contributed by atoms with Gasteiger partial charge in [-0.3, -0.25) is 19.5 Å². The van der Waals surface area contributed by atoms with Crippen molar-refractivity contribution in [3.05, 3.63) is 105 Å². The van der Waals surface area contributed by atoms with Gasteiger partial charge in [-0.1, -0.05) is 51.5 Å². The van der Waals surface area contributed by atoms with Gasteiger partial charge in [0.2, 0.25) is 0 Å². The molecule has 0 amide bonds. The zero-order valence-electron chi connectivity index (χ0n) is 17.6. The minimum absolute atomic E-state index is 0.0651. The van der Waals surface area contributed by atoms with Crippen molar-refractivity contribution in [2.24, 2.45) is 4.99 Å². The standard InChI is InChI=1S/C23H18BrN3O5S/c1-3-32-22(29)19-13(2)25-23-26(20(19)15-7-9-16(24)10-8-15)21(28)18(33-23)12-14-5-4-6-17(11-14)27(30)31/h4-12,20H,3H2,1-2H3/b18-12-/t20-/m1/s1. The quantitative estimate of drug-likeness (QED) is 0.287. The van der Waals surface area contributed by atoms with E-state index in [0.717, 1.165) is 10.0 Å². The Balaban J connectivity index is 1.94. The first kappa shape index (κ1) is 22.8. The van der Waals surface area contributed by atoms with Crippen molar-refractivity contribution in [2.45, 2.75) is 19.9 Å². The number of carbonyl (C=O) groups excluding carboxylic acids is 1. The van der Waals surface area contributed by atoms with E-state index in [0.29, 0.717) is 26.2 Å². The monoisotopic (exact) mass is 527 g/mol. The summed E-state index contributed by atoms with van der Waals surface area (Å²) in [5, 5.41) is 11.1. The van der Waals surface area contributed by atoms with Gasteiger partial charge < -0.3 is 4.74 Å². The van der Waals surface area contributed by atoms with Gasteiger partial charge in [0, 0.05) is 16.6 Å². The van der Waals surface area contributed by atoms with Crippen LogP contribution in [0.4, 0.5) is 5.69 Å². The summed E-state index contributed by atoms with van der Waals surface area (Å²) in [7, 11) is 0. The second-order valence-electron chi connectivity index (χ2n) is 7.21. The van der Waals surface area contributed by atoms with Crippen molar-refractivity contribution in [2.75, 3.05) is 6.61 Å². The average Bonchev–Trinajstić information content (AvgIpc) is 3.08. The number of hydrogen-bond donors (Lipinski definition) is 0. The van der Waals surface area contributed by atoms with Crippen molar-refractivity contribution in [1.29, 1.82) is 0 Å². The molecule has 0 bridgehead atoms. The highest BCUT2D eigenvalue weighted by Crippen LogP contribution is 2.31. The lowest BCUT2D eigenvalue weighted by Gasteiger charge is -2.24. The summed E-state index contributed by atoms with van der Waals surface area (Å²) in [5.74, 6) is -0.528. The molecular weight excluding hydrogens is 510 g/mol. The van der Waals surface area contributed by atoms with E-state index in [2.05, 4.69) is 20.9 Å². The molecule has 0 aliphatic carbocycles. The van der Waals surface area contributed by atoms with Gasteiger partial charge in [0.1, 0.15) is 0 Å². The molecule has 4 rings (SSSR count). The van der Waals surface area contributed by atoms with Crippen LogP contribution >= 0.6 is 27.3 Å². The molecule has 8 nitrogen and oxygen atoms in total. The van der Waals surface area contributed by atoms with E-state index >= 15 is 0 Å². The first-order valence-electron chi connectivity index (χ1n) is 9.99.